The van der Waals surface area contributed by atoms with Gasteiger partial charge < -0.3 is 5.73 Å². The van der Waals surface area contributed by atoms with Crippen molar-refractivity contribution < 1.29 is 8.78 Å². The topological polar surface area (TPSA) is 64.2 Å². The van der Waals surface area contributed by atoms with E-state index in [1.165, 1.54) is 6.07 Å². The first-order valence-corrected chi connectivity index (χ1v) is 6.25. The molecule has 1 aliphatic rings. The summed E-state index contributed by atoms with van der Waals surface area (Å²) in [5, 5.41) is -0.437. The minimum atomic E-state index is -0.974. The fourth-order valence-corrected chi connectivity index (χ4v) is 2.23. The average Bonchev–Trinajstić information content (AvgIpc) is 2.42. The van der Waals surface area contributed by atoms with Gasteiger partial charge in [-0.1, -0.05) is 11.6 Å². The van der Waals surface area contributed by atoms with Gasteiger partial charge in [0.2, 0.25) is 0 Å². The Bertz CT molecular complexity index is 731. The minimum absolute atomic E-state index is 0.0409. The average molecular weight is 295 g/mol. The maximum absolute atomic E-state index is 14.2. The Kier molecular flexibility index (Phi) is 3.10. The van der Waals surface area contributed by atoms with Crippen LogP contribution in [0.25, 0.3) is 11.3 Å². The first-order valence-electron chi connectivity index (χ1n) is 5.87. The zero-order valence-electron chi connectivity index (χ0n) is 10.2. The normalized spacial score (nSPS) is 13.3. The SMILES string of the molecule is Nc1nc(F)c(Cl)nc1-c1cc2c(cc1F)C=NCC2. The number of nitrogens with zero attached hydrogens (tertiary/aromatic N) is 3. The highest BCUT2D eigenvalue weighted by Gasteiger charge is 2.18. The lowest BCUT2D eigenvalue weighted by molar-refractivity contribution is 0.579. The molecule has 1 aliphatic heterocycles. The van der Waals surface area contributed by atoms with E-state index in [9.17, 15) is 8.78 Å². The molecule has 3 rings (SSSR count). The molecule has 20 heavy (non-hydrogen) atoms. The molecule has 0 fully saturated rings. The monoisotopic (exact) mass is 294 g/mol. The molecular weight excluding hydrogens is 286 g/mol. The molecule has 0 atom stereocenters. The molecule has 0 unspecified atom stereocenters. The van der Waals surface area contributed by atoms with Crippen LogP contribution in [0.2, 0.25) is 5.15 Å². The molecule has 0 radical (unpaired) electrons. The third kappa shape index (κ3) is 2.12. The van der Waals surface area contributed by atoms with E-state index in [0.717, 1.165) is 11.1 Å². The summed E-state index contributed by atoms with van der Waals surface area (Å²) >= 11 is 5.58. The second kappa shape index (κ2) is 4.79. The Morgan fingerprint density at radius 3 is 2.80 bits per heavy atom. The molecular formula is C13H9ClF2N4. The van der Waals surface area contributed by atoms with Crippen molar-refractivity contribution >= 4 is 23.6 Å². The Morgan fingerprint density at radius 2 is 2.00 bits per heavy atom. The van der Waals surface area contributed by atoms with Crippen LogP contribution < -0.4 is 5.73 Å². The molecule has 0 saturated heterocycles. The van der Waals surface area contributed by atoms with Crippen molar-refractivity contribution in [3.63, 3.8) is 0 Å². The number of halogens is 3. The van der Waals surface area contributed by atoms with Crippen molar-refractivity contribution in [3.05, 3.63) is 40.2 Å². The quantitative estimate of drug-likeness (QED) is 0.879. The van der Waals surface area contributed by atoms with Crippen molar-refractivity contribution in [1.29, 1.82) is 0 Å². The van der Waals surface area contributed by atoms with Gasteiger partial charge in [-0.3, -0.25) is 4.99 Å². The summed E-state index contributed by atoms with van der Waals surface area (Å²) in [6.07, 6.45) is 2.32. The third-order valence-electron chi connectivity index (χ3n) is 3.07. The highest BCUT2D eigenvalue weighted by Crippen LogP contribution is 2.30. The highest BCUT2D eigenvalue weighted by atomic mass is 35.5. The van der Waals surface area contributed by atoms with Crippen LogP contribution in [0.4, 0.5) is 14.6 Å². The molecule has 0 saturated carbocycles. The van der Waals surface area contributed by atoms with Gasteiger partial charge in [-0.2, -0.15) is 9.37 Å². The lowest BCUT2D eigenvalue weighted by atomic mass is 9.98. The second-order valence-corrected chi connectivity index (χ2v) is 4.71. The molecule has 2 aromatic rings. The lowest BCUT2D eigenvalue weighted by Crippen LogP contribution is -2.07. The third-order valence-corrected chi connectivity index (χ3v) is 3.31. The zero-order chi connectivity index (χ0) is 14.3. The molecule has 7 heteroatoms. The van der Waals surface area contributed by atoms with Crippen LogP contribution >= 0.6 is 11.6 Å². The van der Waals surface area contributed by atoms with Crippen molar-refractivity contribution in [3.8, 4) is 11.3 Å². The summed E-state index contributed by atoms with van der Waals surface area (Å²) in [6, 6.07) is 2.98. The van der Waals surface area contributed by atoms with Crippen molar-refractivity contribution in [1.82, 2.24) is 9.97 Å². The van der Waals surface area contributed by atoms with E-state index in [2.05, 4.69) is 15.0 Å². The van der Waals surface area contributed by atoms with Gasteiger partial charge >= 0.3 is 0 Å². The first-order chi connectivity index (χ1) is 9.56. The fraction of sp³-hybridized carbons (Fsp3) is 0.154. The molecule has 1 aromatic heterocycles. The summed E-state index contributed by atoms with van der Waals surface area (Å²) in [4.78, 5) is 11.3. The Hall–Kier alpha value is -2.08. The standard InChI is InChI=1S/C13H9ClF2N4/c14-11-12(16)20-13(17)10(19-11)8-3-6-1-2-18-5-7(6)4-9(8)15/h3-5H,1-2H2,(H2,17,20). The summed E-state index contributed by atoms with van der Waals surface area (Å²) in [5.41, 5.74) is 7.45. The van der Waals surface area contributed by atoms with E-state index in [0.29, 0.717) is 13.0 Å². The summed E-state index contributed by atoms with van der Waals surface area (Å²) in [6.45, 7) is 0.642. The number of aliphatic imine (C=N–C) groups is 1. The molecule has 0 bridgehead atoms. The second-order valence-electron chi connectivity index (χ2n) is 4.36. The summed E-state index contributed by atoms with van der Waals surface area (Å²) < 4.78 is 27.3. The van der Waals surface area contributed by atoms with E-state index >= 15 is 0 Å². The van der Waals surface area contributed by atoms with Crippen LogP contribution in [0.3, 0.4) is 0 Å². The first kappa shape index (κ1) is 12.9. The predicted octanol–water partition coefficient (Wildman–Crippen LogP) is 2.63. The van der Waals surface area contributed by atoms with Crippen LogP contribution in [0.15, 0.2) is 17.1 Å². The number of aromatic nitrogens is 2. The molecule has 0 aliphatic carbocycles. The maximum atomic E-state index is 14.2. The van der Waals surface area contributed by atoms with Crippen molar-refractivity contribution in [2.75, 3.05) is 12.3 Å². The van der Waals surface area contributed by atoms with Gasteiger partial charge in [0.25, 0.3) is 5.95 Å². The van der Waals surface area contributed by atoms with Crippen LogP contribution in [-0.2, 0) is 6.42 Å². The van der Waals surface area contributed by atoms with Crippen LogP contribution in [0, 0.1) is 11.8 Å². The van der Waals surface area contributed by atoms with E-state index in [4.69, 9.17) is 17.3 Å². The molecule has 2 heterocycles. The predicted molar refractivity (Wildman–Crippen MR) is 73.0 cm³/mol. The number of fused-ring (bicyclic) bond motifs is 1. The smallest absolute Gasteiger partial charge is 0.252 e. The maximum Gasteiger partial charge on any atom is 0.252 e. The number of rotatable bonds is 1. The van der Waals surface area contributed by atoms with Crippen LogP contribution in [-0.4, -0.2) is 22.7 Å². The largest absolute Gasteiger partial charge is 0.382 e. The number of benzene rings is 1. The van der Waals surface area contributed by atoms with Gasteiger partial charge in [0.05, 0.1) is 0 Å². The molecule has 1 aromatic carbocycles. The molecule has 0 spiro atoms. The summed E-state index contributed by atoms with van der Waals surface area (Å²) in [5.74, 6) is -1.70. The van der Waals surface area contributed by atoms with Gasteiger partial charge in [-0.25, -0.2) is 9.37 Å². The van der Waals surface area contributed by atoms with Gasteiger partial charge in [-0.05, 0) is 29.7 Å². The Balaban J connectivity index is 2.20. The van der Waals surface area contributed by atoms with Gasteiger partial charge in [0, 0.05) is 18.3 Å². The number of nitrogens with two attached hydrogens (primary N) is 1. The number of hydrogen-bond donors (Lipinski definition) is 1. The van der Waals surface area contributed by atoms with Crippen molar-refractivity contribution in [2.45, 2.75) is 6.42 Å². The number of anilines is 1. The van der Waals surface area contributed by atoms with Gasteiger partial charge in [-0.15, -0.1) is 0 Å². The van der Waals surface area contributed by atoms with E-state index < -0.39 is 16.9 Å². The van der Waals surface area contributed by atoms with E-state index in [-0.39, 0.29) is 17.1 Å². The molecule has 102 valence electrons. The highest BCUT2D eigenvalue weighted by molar-refractivity contribution is 6.29. The summed E-state index contributed by atoms with van der Waals surface area (Å²) in [7, 11) is 0. The zero-order valence-corrected chi connectivity index (χ0v) is 11.0. The Morgan fingerprint density at radius 1 is 1.20 bits per heavy atom. The molecule has 0 amide bonds. The van der Waals surface area contributed by atoms with E-state index in [1.54, 1.807) is 12.3 Å². The lowest BCUT2D eigenvalue weighted by Gasteiger charge is -2.13. The van der Waals surface area contributed by atoms with Gasteiger partial charge in [0.15, 0.2) is 11.0 Å². The van der Waals surface area contributed by atoms with E-state index in [1.807, 2.05) is 0 Å². The number of nitrogen functional groups attached to an aromatic ring is 1. The van der Waals surface area contributed by atoms with Gasteiger partial charge in [0.1, 0.15) is 11.5 Å². The number of hydrogen-bond acceptors (Lipinski definition) is 4. The molecule has 2 N–H and O–H groups in total. The fourth-order valence-electron chi connectivity index (χ4n) is 2.10. The molecule has 4 nitrogen and oxygen atoms in total. The van der Waals surface area contributed by atoms with Crippen LogP contribution in [0.1, 0.15) is 11.1 Å². The van der Waals surface area contributed by atoms with Crippen molar-refractivity contribution in [2.24, 2.45) is 4.99 Å². The van der Waals surface area contributed by atoms with Crippen LogP contribution in [0.5, 0.6) is 0 Å². The minimum Gasteiger partial charge on any atom is -0.382 e. The Labute approximate surface area is 118 Å².